The highest BCUT2D eigenvalue weighted by Gasteiger charge is 2.37. The number of carbonyl (C=O) groups excluding carboxylic acids is 2. The Morgan fingerprint density at radius 2 is 1.59 bits per heavy atom. The van der Waals surface area contributed by atoms with Gasteiger partial charge in [0.05, 0.1) is 31.5 Å². The van der Waals surface area contributed by atoms with Crippen molar-refractivity contribution in [3.05, 3.63) is 28.8 Å². The molecule has 0 amide bonds. The molecule has 1 aromatic carbocycles. The topological polar surface area (TPSA) is 93.1 Å². The number of methoxy groups -OCH3 is 2. The number of fused-ring (bicyclic) bond motifs is 1. The van der Waals surface area contributed by atoms with Crippen molar-refractivity contribution in [1.82, 2.24) is 0 Å². The third-order valence-corrected chi connectivity index (χ3v) is 3.61. The minimum Gasteiger partial charge on any atom is -0.507 e. The summed E-state index contributed by atoms with van der Waals surface area (Å²) in [7, 11) is 2.79. The molecule has 0 aliphatic heterocycles. The molecule has 6 nitrogen and oxygen atoms in total. The molecule has 0 saturated heterocycles. The van der Waals surface area contributed by atoms with Crippen molar-refractivity contribution in [3.8, 4) is 11.5 Å². The summed E-state index contributed by atoms with van der Waals surface area (Å²) < 4.78 is 10.3. The fourth-order valence-corrected chi connectivity index (χ4v) is 2.46. The van der Waals surface area contributed by atoms with Gasteiger partial charge in [-0.3, -0.25) is 9.59 Å². The predicted octanol–water partition coefficient (Wildman–Crippen LogP) is 1.90. The zero-order valence-electron chi connectivity index (χ0n) is 12.7. The highest BCUT2D eigenvalue weighted by atomic mass is 16.5. The van der Waals surface area contributed by atoms with Crippen molar-refractivity contribution in [2.24, 2.45) is 0 Å². The third-order valence-electron chi connectivity index (χ3n) is 3.61. The lowest BCUT2D eigenvalue weighted by atomic mass is 9.85. The van der Waals surface area contributed by atoms with Crippen molar-refractivity contribution in [1.29, 1.82) is 0 Å². The van der Waals surface area contributed by atoms with E-state index in [0.29, 0.717) is 0 Å². The molecule has 1 aliphatic rings. The summed E-state index contributed by atoms with van der Waals surface area (Å²) in [6.07, 6.45) is -0.273. The Morgan fingerprint density at radius 1 is 1.05 bits per heavy atom. The van der Waals surface area contributed by atoms with E-state index in [0.717, 1.165) is 0 Å². The van der Waals surface area contributed by atoms with Gasteiger partial charge in [-0.15, -0.1) is 0 Å². The van der Waals surface area contributed by atoms with Crippen LogP contribution in [0.25, 0.3) is 5.76 Å². The number of Topliss-reactive ketones (excluding diaryl/α,β-unsaturated/α-hetero) is 2. The number of aliphatic hydroxyl groups is 2. The number of carbonyl (C=O) groups is 2. The summed E-state index contributed by atoms with van der Waals surface area (Å²) in [5, 5.41) is 19.8. The molecule has 0 bridgehead atoms. The molecule has 0 fully saturated rings. The van der Waals surface area contributed by atoms with E-state index in [1.807, 2.05) is 0 Å². The van der Waals surface area contributed by atoms with E-state index in [2.05, 4.69) is 0 Å². The molecule has 0 saturated carbocycles. The molecule has 22 heavy (non-hydrogen) atoms. The van der Waals surface area contributed by atoms with Crippen molar-refractivity contribution < 1.29 is 29.3 Å². The minimum absolute atomic E-state index is 0.00477. The van der Waals surface area contributed by atoms with Gasteiger partial charge in [-0.25, -0.2) is 0 Å². The van der Waals surface area contributed by atoms with Gasteiger partial charge in [-0.1, -0.05) is 0 Å². The van der Waals surface area contributed by atoms with Gasteiger partial charge in [0.1, 0.15) is 17.3 Å². The van der Waals surface area contributed by atoms with Crippen LogP contribution < -0.4 is 9.47 Å². The first-order chi connectivity index (χ1) is 10.4. The number of ketones is 2. The smallest absolute Gasteiger partial charge is 0.237 e. The van der Waals surface area contributed by atoms with Gasteiger partial charge in [-0.05, 0) is 31.9 Å². The average molecular weight is 306 g/mol. The first kappa shape index (κ1) is 16.0. The Labute approximate surface area is 128 Å². The second-order valence-corrected chi connectivity index (χ2v) is 5.09. The highest BCUT2D eigenvalue weighted by molar-refractivity contribution is 6.52. The van der Waals surface area contributed by atoms with Crippen LogP contribution in [0.3, 0.4) is 0 Å². The Hall–Kier alpha value is -2.34. The summed E-state index contributed by atoms with van der Waals surface area (Å²) in [6.45, 7) is 1.57. The summed E-state index contributed by atoms with van der Waals surface area (Å²) in [4.78, 5) is 24.6. The molecule has 1 atom stereocenters. The first-order valence-corrected chi connectivity index (χ1v) is 6.86. The van der Waals surface area contributed by atoms with E-state index in [-0.39, 0.29) is 46.8 Å². The van der Waals surface area contributed by atoms with Crippen LogP contribution in [0.1, 0.15) is 35.7 Å². The molecule has 0 radical (unpaired) electrons. The molecule has 1 aliphatic carbocycles. The normalized spacial score (nSPS) is 15.6. The number of rotatable bonds is 5. The van der Waals surface area contributed by atoms with Gasteiger partial charge in [0.2, 0.25) is 11.6 Å². The van der Waals surface area contributed by atoms with Crippen molar-refractivity contribution >= 4 is 17.3 Å². The van der Waals surface area contributed by atoms with E-state index in [1.54, 1.807) is 13.0 Å². The Bertz CT molecular complexity index is 657. The van der Waals surface area contributed by atoms with Crippen LogP contribution in [0, 0.1) is 0 Å². The van der Waals surface area contributed by atoms with Crippen LogP contribution >= 0.6 is 0 Å². The molecule has 1 unspecified atom stereocenters. The molecule has 6 heteroatoms. The number of ether oxygens (including phenoxy) is 2. The molecule has 2 rings (SSSR count). The van der Waals surface area contributed by atoms with Gasteiger partial charge in [0.25, 0.3) is 0 Å². The number of hydrogen-bond donors (Lipinski definition) is 2. The Kier molecular flexibility index (Phi) is 4.51. The molecule has 0 aromatic heterocycles. The third kappa shape index (κ3) is 2.57. The quantitative estimate of drug-likeness (QED) is 0.807. The van der Waals surface area contributed by atoms with Gasteiger partial charge in [-0.2, -0.15) is 0 Å². The zero-order valence-corrected chi connectivity index (χ0v) is 12.7. The van der Waals surface area contributed by atoms with Crippen LogP contribution in [0.5, 0.6) is 11.5 Å². The maximum atomic E-state index is 12.4. The lowest BCUT2D eigenvalue weighted by Gasteiger charge is -2.22. The van der Waals surface area contributed by atoms with Gasteiger partial charge in [0, 0.05) is 5.57 Å². The fourth-order valence-electron chi connectivity index (χ4n) is 2.46. The van der Waals surface area contributed by atoms with Gasteiger partial charge in [0.15, 0.2) is 0 Å². The summed E-state index contributed by atoms with van der Waals surface area (Å²) in [5.74, 6) is -1.34. The number of benzene rings is 1. The van der Waals surface area contributed by atoms with E-state index < -0.39 is 17.7 Å². The standard InChI is InChI=1S/C16H18O6/c1-8(17)4-5-9-14(18)12-10(21-2)6-7-11(22-3)13(12)16(20)15(9)19/h6-8,17-18H,4-5H2,1-3H3. The van der Waals surface area contributed by atoms with Crippen LogP contribution in [0.4, 0.5) is 0 Å². The van der Waals surface area contributed by atoms with Crippen molar-refractivity contribution in [3.63, 3.8) is 0 Å². The van der Waals surface area contributed by atoms with Gasteiger partial charge >= 0.3 is 0 Å². The predicted molar refractivity (Wildman–Crippen MR) is 79.3 cm³/mol. The van der Waals surface area contributed by atoms with Crippen LogP contribution in [0.15, 0.2) is 17.7 Å². The Balaban J connectivity index is 2.66. The molecule has 118 valence electrons. The second kappa shape index (κ2) is 6.19. The molecule has 0 spiro atoms. The second-order valence-electron chi connectivity index (χ2n) is 5.09. The molecule has 0 heterocycles. The van der Waals surface area contributed by atoms with E-state index in [1.165, 1.54) is 20.3 Å². The van der Waals surface area contributed by atoms with Gasteiger partial charge < -0.3 is 19.7 Å². The fraction of sp³-hybridized carbons (Fsp3) is 0.375. The minimum atomic E-state index is -0.780. The van der Waals surface area contributed by atoms with E-state index >= 15 is 0 Å². The van der Waals surface area contributed by atoms with Crippen molar-refractivity contribution in [2.75, 3.05) is 14.2 Å². The SMILES string of the molecule is COc1ccc(OC)c2c1C(=O)C(=O)C(CCC(C)O)=C2O. The molecular formula is C16H18O6. The molecule has 1 aromatic rings. The zero-order chi connectivity index (χ0) is 16.4. The van der Waals surface area contributed by atoms with E-state index in [9.17, 15) is 19.8 Å². The lowest BCUT2D eigenvalue weighted by Crippen LogP contribution is -2.25. The molecule has 2 N–H and O–H groups in total. The molecular weight excluding hydrogens is 288 g/mol. The van der Waals surface area contributed by atoms with Crippen LogP contribution in [0.2, 0.25) is 0 Å². The van der Waals surface area contributed by atoms with E-state index in [4.69, 9.17) is 9.47 Å². The van der Waals surface area contributed by atoms with Crippen molar-refractivity contribution in [2.45, 2.75) is 25.9 Å². The maximum absolute atomic E-state index is 12.4. The summed E-state index contributed by atoms with van der Waals surface area (Å²) >= 11 is 0. The monoisotopic (exact) mass is 306 g/mol. The lowest BCUT2D eigenvalue weighted by molar-refractivity contribution is -0.112. The first-order valence-electron chi connectivity index (χ1n) is 6.86. The average Bonchev–Trinajstić information content (AvgIpc) is 2.50. The summed E-state index contributed by atoms with van der Waals surface area (Å²) in [6, 6.07) is 3.07. The number of aliphatic hydroxyl groups excluding tert-OH is 2. The van der Waals surface area contributed by atoms with Crippen LogP contribution in [-0.4, -0.2) is 42.1 Å². The number of hydrogen-bond acceptors (Lipinski definition) is 6. The summed E-state index contributed by atoms with van der Waals surface area (Å²) in [5.41, 5.74) is 0.155. The van der Waals surface area contributed by atoms with Crippen LogP contribution in [-0.2, 0) is 4.79 Å². The Morgan fingerprint density at radius 3 is 2.09 bits per heavy atom. The number of allylic oxidation sites excluding steroid dienone is 1. The largest absolute Gasteiger partial charge is 0.507 e. The maximum Gasteiger partial charge on any atom is 0.237 e. The highest BCUT2D eigenvalue weighted by Crippen LogP contribution is 2.40.